The van der Waals surface area contributed by atoms with E-state index in [1.807, 2.05) is 6.07 Å². The predicted molar refractivity (Wildman–Crippen MR) is 68.1 cm³/mol. The fourth-order valence-corrected chi connectivity index (χ4v) is 2.38. The van der Waals surface area contributed by atoms with Crippen LogP contribution in [0.2, 0.25) is 0 Å². The molecule has 0 spiro atoms. The zero-order chi connectivity index (χ0) is 12.3. The Balaban J connectivity index is 1.93. The summed E-state index contributed by atoms with van der Waals surface area (Å²) in [6, 6.07) is 4.48. The summed E-state index contributed by atoms with van der Waals surface area (Å²) < 4.78 is 0. The minimum absolute atomic E-state index is 0.0418. The third-order valence-electron chi connectivity index (χ3n) is 3.27. The number of hydrogen-bond donors (Lipinski definition) is 1. The van der Waals surface area contributed by atoms with Gasteiger partial charge in [-0.2, -0.15) is 0 Å². The lowest BCUT2D eigenvalue weighted by atomic mass is 9.99. The van der Waals surface area contributed by atoms with Crippen molar-refractivity contribution in [1.82, 2.24) is 10.3 Å². The van der Waals surface area contributed by atoms with Crippen molar-refractivity contribution in [3.05, 3.63) is 29.6 Å². The highest BCUT2D eigenvalue weighted by Crippen LogP contribution is 2.32. The Hall–Kier alpha value is -1.22. The Labute approximate surface area is 103 Å². The molecule has 0 saturated carbocycles. The molecule has 1 aliphatic carbocycles. The summed E-state index contributed by atoms with van der Waals surface area (Å²) in [7, 11) is 0. The number of aromatic nitrogens is 1. The Morgan fingerprint density at radius 3 is 3.18 bits per heavy atom. The van der Waals surface area contributed by atoms with Crippen molar-refractivity contribution in [1.29, 1.82) is 0 Å². The molecule has 2 rings (SSSR count). The second kappa shape index (κ2) is 5.41. The van der Waals surface area contributed by atoms with Crippen LogP contribution in [0, 0.1) is 0 Å². The van der Waals surface area contributed by atoms with Crippen LogP contribution in [0.5, 0.6) is 0 Å². The highest BCUT2D eigenvalue weighted by Gasteiger charge is 2.28. The lowest BCUT2D eigenvalue weighted by Gasteiger charge is -2.11. The molecule has 0 aliphatic heterocycles. The predicted octanol–water partition coefficient (Wildman–Crippen LogP) is 2.07. The molecule has 1 atom stereocenters. The van der Waals surface area contributed by atoms with Crippen LogP contribution in [0.3, 0.4) is 0 Å². The Bertz CT molecular complexity index is 401. The number of ketones is 1. The number of nitrogens with one attached hydrogen (secondary N) is 1. The van der Waals surface area contributed by atoms with Crippen molar-refractivity contribution < 1.29 is 4.79 Å². The molecule has 0 saturated heterocycles. The number of Topliss-reactive ketones (excluding diaryl/α,β-unsaturated/α-hetero) is 1. The number of nitrogens with zero attached hydrogens (tertiary/aromatic N) is 1. The first-order valence-corrected chi connectivity index (χ1v) is 6.38. The molecule has 1 aliphatic rings. The first-order chi connectivity index (χ1) is 8.18. The van der Waals surface area contributed by atoms with E-state index < -0.39 is 0 Å². The molecule has 3 nitrogen and oxygen atoms in total. The van der Waals surface area contributed by atoms with E-state index in [2.05, 4.69) is 30.2 Å². The average molecular weight is 232 g/mol. The summed E-state index contributed by atoms with van der Waals surface area (Å²) in [6.45, 7) is 4.96. The standard InChI is InChI=1S/C14H20N2O/c1-10(2)15-9-7-13(17)12-6-5-11-4-3-8-16-14(11)12/h3-4,8,10,12,15H,5-7,9H2,1-2H3. The van der Waals surface area contributed by atoms with Gasteiger partial charge in [0.1, 0.15) is 5.78 Å². The van der Waals surface area contributed by atoms with Crippen molar-refractivity contribution in [2.24, 2.45) is 0 Å². The summed E-state index contributed by atoms with van der Waals surface area (Å²) in [5.41, 5.74) is 2.27. The van der Waals surface area contributed by atoms with Gasteiger partial charge >= 0.3 is 0 Å². The minimum atomic E-state index is 0.0418. The normalized spacial score (nSPS) is 18.4. The molecule has 17 heavy (non-hydrogen) atoms. The molecular weight excluding hydrogens is 212 g/mol. The molecule has 1 heterocycles. The highest BCUT2D eigenvalue weighted by molar-refractivity contribution is 5.86. The van der Waals surface area contributed by atoms with Crippen molar-refractivity contribution in [2.45, 2.75) is 45.1 Å². The quantitative estimate of drug-likeness (QED) is 0.845. The maximum atomic E-state index is 12.1. The zero-order valence-electron chi connectivity index (χ0n) is 10.6. The van der Waals surface area contributed by atoms with Gasteiger partial charge in [-0.15, -0.1) is 0 Å². The Kier molecular flexibility index (Phi) is 3.89. The number of pyridine rings is 1. The topological polar surface area (TPSA) is 42.0 Å². The first-order valence-electron chi connectivity index (χ1n) is 6.38. The molecule has 3 heteroatoms. The van der Waals surface area contributed by atoms with Gasteiger partial charge in [0.15, 0.2) is 0 Å². The molecule has 1 unspecified atom stereocenters. The Morgan fingerprint density at radius 1 is 1.59 bits per heavy atom. The zero-order valence-corrected chi connectivity index (χ0v) is 10.6. The van der Waals surface area contributed by atoms with Crippen LogP contribution >= 0.6 is 0 Å². The van der Waals surface area contributed by atoms with Crippen molar-refractivity contribution >= 4 is 5.78 Å². The first kappa shape index (κ1) is 12.2. The highest BCUT2D eigenvalue weighted by atomic mass is 16.1. The lowest BCUT2D eigenvalue weighted by molar-refractivity contribution is -0.120. The van der Waals surface area contributed by atoms with E-state index in [4.69, 9.17) is 0 Å². The van der Waals surface area contributed by atoms with Gasteiger partial charge in [0.05, 0.1) is 11.6 Å². The molecular formula is C14H20N2O. The fourth-order valence-electron chi connectivity index (χ4n) is 2.38. The number of hydrogen-bond acceptors (Lipinski definition) is 3. The van der Waals surface area contributed by atoms with Gasteiger partial charge in [-0.1, -0.05) is 19.9 Å². The van der Waals surface area contributed by atoms with Gasteiger partial charge < -0.3 is 5.32 Å². The second-order valence-corrected chi connectivity index (χ2v) is 4.96. The summed E-state index contributed by atoms with van der Waals surface area (Å²) >= 11 is 0. The molecule has 0 fully saturated rings. The third kappa shape index (κ3) is 2.91. The van der Waals surface area contributed by atoms with E-state index in [-0.39, 0.29) is 5.92 Å². The maximum absolute atomic E-state index is 12.1. The minimum Gasteiger partial charge on any atom is -0.314 e. The number of fused-ring (bicyclic) bond motifs is 1. The molecule has 1 aromatic rings. The molecule has 92 valence electrons. The van der Waals surface area contributed by atoms with E-state index in [9.17, 15) is 4.79 Å². The number of carbonyl (C=O) groups excluding carboxylic acids is 1. The van der Waals surface area contributed by atoms with E-state index in [0.717, 1.165) is 25.1 Å². The molecule has 0 bridgehead atoms. The summed E-state index contributed by atoms with van der Waals surface area (Å²) in [4.78, 5) is 16.5. The van der Waals surface area contributed by atoms with Crippen LogP contribution in [0.1, 0.15) is 43.9 Å². The van der Waals surface area contributed by atoms with Gasteiger partial charge in [-0.25, -0.2) is 0 Å². The van der Waals surface area contributed by atoms with Crippen LogP contribution in [-0.4, -0.2) is 23.4 Å². The van der Waals surface area contributed by atoms with E-state index in [0.29, 0.717) is 18.2 Å². The van der Waals surface area contributed by atoms with Crippen LogP contribution in [0.15, 0.2) is 18.3 Å². The summed E-state index contributed by atoms with van der Waals surface area (Å²) in [5.74, 6) is 0.371. The van der Waals surface area contributed by atoms with Gasteiger partial charge in [0.2, 0.25) is 0 Å². The van der Waals surface area contributed by atoms with Crippen LogP contribution in [0.4, 0.5) is 0 Å². The smallest absolute Gasteiger partial charge is 0.143 e. The largest absolute Gasteiger partial charge is 0.314 e. The van der Waals surface area contributed by atoms with Crippen molar-refractivity contribution in [2.75, 3.05) is 6.54 Å². The third-order valence-corrected chi connectivity index (χ3v) is 3.27. The summed E-state index contributed by atoms with van der Waals surface area (Å²) in [6.07, 6.45) is 4.33. The van der Waals surface area contributed by atoms with Crippen molar-refractivity contribution in [3.8, 4) is 0 Å². The molecule has 1 N–H and O–H groups in total. The summed E-state index contributed by atoms with van der Waals surface area (Å²) in [5, 5.41) is 3.28. The lowest BCUT2D eigenvalue weighted by Crippen LogP contribution is -2.26. The van der Waals surface area contributed by atoms with Gasteiger partial charge in [0.25, 0.3) is 0 Å². The van der Waals surface area contributed by atoms with Gasteiger partial charge in [0, 0.05) is 25.2 Å². The van der Waals surface area contributed by atoms with Gasteiger partial charge in [-0.05, 0) is 24.5 Å². The second-order valence-electron chi connectivity index (χ2n) is 4.96. The molecule has 0 aromatic carbocycles. The van der Waals surface area contributed by atoms with Crippen LogP contribution < -0.4 is 5.32 Å². The fraction of sp³-hybridized carbons (Fsp3) is 0.571. The van der Waals surface area contributed by atoms with E-state index in [1.165, 1.54) is 5.56 Å². The number of rotatable bonds is 5. The van der Waals surface area contributed by atoms with Crippen molar-refractivity contribution in [3.63, 3.8) is 0 Å². The van der Waals surface area contributed by atoms with Crippen LogP contribution in [-0.2, 0) is 11.2 Å². The van der Waals surface area contributed by atoms with Gasteiger partial charge in [-0.3, -0.25) is 9.78 Å². The maximum Gasteiger partial charge on any atom is 0.143 e. The number of carbonyl (C=O) groups is 1. The van der Waals surface area contributed by atoms with E-state index >= 15 is 0 Å². The molecule has 0 radical (unpaired) electrons. The number of aryl methyl sites for hydroxylation is 1. The average Bonchev–Trinajstić information content (AvgIpc) is 2.72. The molecule has 1 aromatic heterocycles. The van der Waals surface area contributed by atoms with E-state index in [1.54, 1.807) is 6.20 Å². The van der Waals surface area contributed by atoms with Crippen LogP contribution in [0.25, 0.3) is 0 Å². The monoisotopic (exact) mass is 232 g/mol. The SMILES string of the molecule is CC(C)NCCC(=O)C1CCc2cccnc21. The molecule has 0 amide bonds. The Morgan fingerprint density at radius 2 is 2.41 bits per heavy atom.